The number of ether oxygens (including phenoxy) is 1. The average Bonchev–Trinajstić information content (AvgIpc) is 3.12. The molecular weight excluding hydrogens is 222 g/mol. The minimum Gasteiger partial charge on any atom is -0.493 e. The van der Waals surface area contributed by atoms with Crippen molar-refractivity contribution in [3.8, 4) is 5.75 Å². The van der Waals surface area contributed by atoms with Crippen molar-refractivity contribution in [2.24, 2.45) is 5.92 Å². The topological polar surface area (TPSA) is 21.3 Å². The molecule has 0 saturated heterocycles. The lowest BCUT2D eigenvalue weighted by Gasteiger charge is -2.17. The quantitative estimate of drug-likeness (QED) is 0.832. The van der Waals surface area contributed by atoms with E-state index < -0.39 is 0 Å². The highest BCUT2D eigenvalue weighted by atomic mass is 16.5. The summed E-state index contributed by atoms with van der Waals surface area (Å²) in [6.45, 7) is 4.17. The molecule has 98 valence electrons. The zero-order chi connectivity index (χ0) is 12.4. The lowest BCUT2D eigenvalue weighted by atomic mass is 10.00. The van der Waals surface area contributed by atoms with Crippen LogP contribution in [0, 0.1) is 5.92 Å². The van der Waals surface area contributed by atoms with Crippen molar-refractivity contribution in [3.05, 3.63) is 29.3 Å². The largest absolute Gasteiger partial charge is 0.493 e. The maximum atomic E-state index is 5.55. The summed E-state index contributed by atoms with van der Waals surface area (Å²) in [5.41, 5.74) is 2.88. The SMILES string of the molecule is CCNC(CCc1ccc2c(c1)CCO2)C1CC1. The van der Waals surface area contributed by atoms with Gasteiger partial charge in [0.2, 0.25) is 0 Å². The summed E-state index contributed by atoms with van der Waals surface area (Å²) in [5, 5.41) is 3.64. The first-order chi connectivity index (χ1) is 8.86. The molecule has 1 atom stereocenters. The fourth-order valence-corrected chi connectivity index (χ4v) is 2.98. The van der Waals surface area contributed by atoms with Crippen LogP contribution in [-0.2, 0) is 12.8 Å². The second-order valence-corrected chi connectivity index (χ2v) is 5.58. The third-order valence-corrected chi connectivity index (χ3v) is 4.16. The average molecular weight is 245 g/mol. The molecule has 1 heterocycles. The first-order valence-corrected chi connectivity index (χ1v) is 7.35. The molecule has 0 aromatic heterocycles. The number of benzene rings is 1. The van der Waals surface area contributed by atoms with Gasteiger partial charge < -0.3 is 10.1 Å². The molecule has 1 aromatic rings. The van der Waals surface area contributed by atoms with E-state index in [1.807, 2.05) is 0 Å². The summed E-state index contributed by atoms with van der Waals surface area (Å²) in [4.78, 5) is 0. The van der Waals surface area contributed by atoms with Gasteiger partial charge in [-0.25, -0.2) is 0 Å². The van der Waals surface area contributed by atoms with Gasteiger partial charge in [-0.1, -0.05) is 19.1 Å². The highest BCUT2D eigenvalue weighted by Crippen LogP contribution is 2.34. The molecule has 2 heteroatoms. The van der Waals surface area contributed by atoms with E-state index in [1.165, 1.54) is 36.8 Å². The number of hydrogen-bond acceptors (Lipinski definition) is 2. The van der Waals surface area contributed by atoms with Gasteiger partial charge in [-0.2, -0.15) is 0 Å². The van der Waals surface area contributed by atoms with Crippen molar-refractivity contribution in [1.82, 2.24) is 5.32 Å². The highest BCUT2D eigenvalue weighted by Gasteiger charge is 2.30. The Hall–Kier alpha value is -1.02. The van der Waals surface area contributed by atoms with E-state index in [9.17, 15) is 0 Å². The molecule has 0 bridgehead atoms. The summed E-state index contributed by atoms with van der Waals surface area (Å²) in [6.07, 6.45) is 6.41. The monoisotopic (exact) mass is 245 g/mol. The van der Waals surface area contributed by atoms with Gasteiger partial charge in [-0.05, 0) is 55.3 Å². The molecule has 0 amide bonds. The van der Waals surface area contributed by atoms with Gasteiger partial charge in [-0.15, -0.1) is 0 Å². The van der Waals surface area contributed by atoms with Crippen LogP contribution in [-0.4, -0.2) is 19.2 Å². The van der Waals surface area contributed by atoms with Crippen molar-refractivity contribution >= 4 is 0 Å². The predicted octanol–water partition coefficient (Wildman–Crippen LogP) is 2.94. The summed E-state index contributed by atoms with van der Waals surface area (Å²) in [6, 6.07) is 7.47. The Kier molecular flexibility index (Phi) is 3.55. The van der Waals surface area contributed by atoms with Crippen LogP contribution >= 0.6 is 0 Å². The lowest BCUT2D eigenvalue weighted by molar-refractivity contribution is 0.357. The summed E-state index contributed by atoms with van der Waals surface area (Å²) in [5.74, 6) is 2.05. The fourth-order valence-electron chi connectivity index (χ4n) is 2.98. The van der Waals surface area contributed by atoms with E-state index >= 15 is 0 Å². The Bertz CT molecular complexity index is 412. The van der Waals surface area contributed by atoms with E-state index in [0.29, 0.717) is 0 Å². The Balaban J connectivity index is 1.58. The fraction of sp³-hybridized carbons (Fsp3) is 0.625. The van der Waals surface area contributed by atoms with Crippen molar-refractivity contribution in [3.63, 3.8) is 0 Å². The zero-order valence-electron chi connectivity index (χ0n) is 11.2. The van der Waals surface area contributed by atoms with Gasteiger partial charge in [0.15, 0.2) is 0 Å². The number of fused-ring (bicyclic) bond motifs is 1. The molecule has 1 aliphatic heterocycles. The van der Waals surface area contributed by atoms with Gasteiger partial charge in [0.1, 0.15) is 5.75 Å². The molecule has 0 radical (unpaired) electrons. The van der Waals surface area contributed by atoms with Crippen LogP contribution in [0.3, 0.4) is 0 Å². The molecule has 1 unspecified atom stereocenters. The van der Waals surface area contributed by atoms with Crippen LogP contribution in [0.1, 0.15) is 37.3 Å². The second-order valence-electron chi connectivity index (χ2n) is 5.58. The van der Waals surface area contributed by atoms with Crippen LogP contribution in [0.4, 0.5) is 0 Å². The molecule has 1 fully saturated rings. The van der Waals surface area contributed by atoms with Crippen LogP contribution in [0.15, 0.2) is 18.2 Å². The van der Waals surface area contributed by atoms with Crippen molar-refractivity contribution in [2.75, 3.05) is 13.2 Å². The Labute approximate surface area is 110 Å². The van der Waals surface area contributed by atoms with E-state index in [4.69, 9.17) is 4.74 Å². The second kappa shape index (κ2) is 5.31. The molecule has 0 spiro atoms. The molecule has 1 N–H and O–H groups in total. The normalized spacial score (nSPS) is 19.4. The Morgan fingerprint density at radius 2 is 2.28 bits per heavy atom. The van der Waals surface area contributed by atoms with Crippen LogP contribution < -0.4 is 10.1 Å². The van der Waals surface area contributed by atoms with Gasteiger partial charge in [0.25, 0.3) is 0 Å². The molecular formula is C16H23NO. The molecule has 1 aliphatic carbocycles. The summed E-state index contributed by atoms with van der Waals surface area (Å²) >= 11 is 0. The standard InChI is InChI=1S/C16H23NO/c1-2-17-15(13-5-6-13)7-3-12-4-8-16-14(11-12)9-10-18-16/h4,8,11,13,15,17H,2-3,5-7,9-10H2,1H3. The van der Waals surface area contributed by atoms with Crippen molar-refractivity contribution < 1.29 is 4.74 Å². The third-order valence-electron chi connectivity index (χ3n) is 4.16. The van der Waals surface area contributed by atoms with Crippen LogP contribution in [0.25, 0.3) is 0 Å². The minimum absolute atomic E-state index is 0.736. The number of hydrogen-bond donors (Lipinski definition) is 1. The number of aryl methyl sites for hydroxylation is 1. The van der Waals surface area contributed by atoms with E-state index in [-0.39, 0.29) is 0 Å². The van der Waals surface area contributed by atoms with Gasteiger partial charge in [0.05, 0.1) is 6.61 Å². The predicted molar refractivity (Wildman–Crippen MR) is 74.2 cm³/mol. The highest BCUT2D eigenvalue weighted by molar-refractivity contribution is 5.39. The first kappa shape index (κ1) is 12.0. The van der Waals surface area contributed by atoms with Crippen molar-refractivity contribution in [2.45, 2.75) is 45.1 Å². The maximum Gasteiger partial charge on any atom is 0.122 e. The molecule has 1 saturated carbocycles. The minimum atomic E-state index is 0.736. The van der Waals surface area contributed by atoms with Crippen molar-refractivity contribution in [1.29, 1.82) is 0 Å². The Morgan fingerprint density at radius 1 is 1.39 bits per heavy atom. The maximum absolute atomic E-state index is 5.55. The smallest absolute Gasteiger partial charge is 0.122 e. The van der Waals surface area contributed by atoms with Gasteiger partial charge in [0, 0.05) is 12.5 Å². The third kappa shape index (κ3) is 2.69. The van der Waals surface area contributed by atoms with E-state index in [2.05, 4.69) is 30.4 Å². The molecule has 1 aromatic carbocycles. The number of rotatable bonds is 6. The summed E-state index contributed by atoms with van der Waals surface area (Å²) < 4.78 is 5.55. The summed E-state index contributed by atoms with van der Waals surface area (Å²) in [7, 11) is 0. The molecule has 2 nitrogen and oxygen atoms in total. The molecule has 3 rings (SSSR count). The zero-order valence-corrected chi connectivity index (χ0v) is 11.2. The number of nitrogens with one attached hydrogen (secondary N) is 1. The van der Waals surface area contributed by atoms with Crippen LogP contribution in [0.5, 0.6) is 5.75 Å². The van der Waals surface area contributed by atoms with E-state index in [0.717, 1.165) is 37.3 Å². The van der Waals surface area contributed by atoms with Crippen LogP contribution in [0.2, 0.25) is 0 Å². The van der Waals surface area contributed by atoms with Gasteiger partial charge >= 0.3 is 0 Å². The Morgan fingerprint density at radius 3 is 3.06 bits per heavy atom. The molecule has 2 aliphatic rings. The molecule has 18 heavy (non-hydrogen) atoms. The van der Waals surface area contributed by atoms with Gasteiger partial charge in [-0.3, -0.25) is 0 Å². The van der Waals surface area contributed by atoms with E-state index in [1.54, 1.807) is 0 Å². The lowest BCUT2D eigenvalue weighted by Crippen LogP contribution is -2.31. The first-order valence-electron chi connectivity index (χ1n) is 7.35.